The highest BCUT2D eigenvalue weighted by atomic mass is 16.2. The molecule has 1 aromatic carbocycles. The molecule has 0 atom stereocenters. The maximum absolute atomic E-state index is 11.4. The zero-order valence-electron chi connectivity index (χ0n) is 8.46. The highest BCUT2D eigenvalue weighted by Crippen LogP contribution is 2.23. The zero-order valence-corrected chi connectivity index (χ0v) is 8.46. The van der Waals surface area contributed by atoms with E-state index in [1.807, 2.05) is 6.07 Å². The average molecular weight is 204 g/mol. The quantitative estimate of drug-likeness (QED) is 0.715. The average Bonchev–Trinajstić information content (AvgIpc) is 2.27. The van der Waals surface area contributed by atoms with Crippen LogP contribution in [0.25, 0.3) is 0 Å². The SMILES string of the molecule is CNC(=O)c1ccc2c(c1)CCC(=O)N2. The molecule has 0 aliphatic carbocycles. The lowest BCUT2D eigenvalue weighted by Crippen LogP contribution is -2.21. The molecule has 2 N–H and O–H groups in total. The predicted octanol–water partition coefficient (Wildman–Crippen LogP) is 0.931. The summed E-state index contributed by atoms with van der Waals surface area (Å²) in [4.78, 5) is 22.5. The van der Waals surface area contributed by atoms with Crippen molar-refractivity contribution in [2.75, 3.05) is 12.4 Å². The van der Waals surface area contributed by atoms with E-state index in [4.69, 9.17) is 0 Å². The van der Waals surface area contributed by atoms with Crippen LogP contribution in [0.15, 0.2) is 18.2 Å². The first-order chi connectivity index (χ1) is 7.20. The van der Waals surface area contributed by atoms with E-state index in [0.717, 1.165) is 11.3 Å². The predicted molar refractivity (Wildman–Crippen MR) is 56.8 cm³/mol. The summed E-state index contributed by atoms with van der Waals surface area (Å²) in [6.07, 6.45) is 1.19. The topological polar surface area (TPSA) is 58.2 Å². The van der Waals surface area contributed by atoms with Crippen LogP contribution >= 0.6 is 0 Å². The molecule has 78 valence electrons. The summed E-state index contributed by atoms with van der Waals surface area (Å²) in [5.74, 6) is -0.0649. The van der Waals surface area contributed by atoms with Crippen molar-refractivity contribution in [1.82, 2.24) is 5.32 Å². The van der Waals surface area contributed by atoms with Crippen molar-refractivity contribution in [3.05, 3.63) is 29.3 Å². The Labute approximate surface area is 87.7 Å². The number of carbonyl (C=O) groups excluding carboxylic acids is 2. The Kier molecular flexibility index (Phi) is 2.41. The Hall–Kier alpha value is -1.84. The normalized spacial score (nSPS) is 14.1. The Bertz CT molecular complexity index is 427. The number of carbonyl (C=O) groups is 2. The van der Waals surface area contributed by atoms with Gasteiger partial charge < -0.3 is 10.6 Å². The van der Waals surface area contributed by atoms with E-state index in [1.54, 1.807) is 19.2 Å². The third-order valence-electron chi connectivity index (χ3n) is 2.49. The second kappa shape index (κ2) is 3.73. The molecule has 0 saturated heterocycles. The van der Waals surface area contributed by atoms with Gasteiger partial charge in [-0.25, -0.2) is 0 Å². The van der Waals surface area contributed by atoms with E-state index in [1.165, 1.54) is 0 Å². The molecular formula is C11H12N2O2. The molecule has 2 amide bonds. The van der Waals surface area contributed by atoms with Gasteiger partial charge >= 0.3 is 0 Å². The third-order valence-corrected chi connectivity index (χ3v) is 2.49. The first-order valence-electron chi connectivity index (χ1n) is 4.85. The Morgan fingerprint density at radius 1 is 1.40 bits per heavy atom. The van der Waals surface area contributed by atoms with E-state index < -0.39 is 0 Å². The van der Waals surface area contributed by atoms with E-state index in [-0.39, 0.29) is 11.8 Å². The first kappa shape index (κ1) is 9.71. The van der Waals surface area contributed by atoms with Crippen LogP contribution in [0.4, 0.5) is 5.69 Å². The monoisotopic (exact) mass is 204 g/mol. The molecule has 1 aromatic rings. The van der Waals surface area contributed by atoms with Gasteiger partial charge in [0.15, 0.2) is 0 Å². The van der Waals surface area contributed by atoms with Gasteiger partial charge in [-0.1, -0.05) is 0 Å². The number of aryl methyl sites for hydroxylation is 1. The lowest BCUT2D eigenvalue weighted by atomic mass is 10.0. The molecule has 0 spiro atoms. The molecule has 2 rings (SSSR count). The molecule has 4 nitrogen and oxygen atoms in total. The van der Waals surface area contributed by atoms with Gasteiger partial charge in [0.2, 0.25) is 5.91 Å². The summed E-state index contributed by atoms with van der Waals surface area (Å²) in [5.41, 5.74) is 2.47. The molecule has 1 heterocycles. The molecule has 0 saturated carbocycles. The van der Waals surface area contributed by atoms with Gasteiger partial charge in [-0.05, 0) is 30.2 Å². The molecular weight excluding hydrogens is 192 g/mol. The van der Waals surface area contributed by atoms with Crippen LogP contribution < -0.4 is 10.6 Å². The minimum Gasteiger partial charge on any atom is -0.355 e. The van der Waals surface area contributed by atoms with Crippen molar-refractivity contribution < 1.29 is 9.59 Å². The number of nitrogens with one attached hydrogen (secondary N) is 2. The summed E-state index contributed by atoms with van der Waals surface area (Å²) < 4.78 is 0. The largest absolute Gasteiger partial charge is 0.355 e. The summed E-state index contributed by atoms with van der Waals surface area (Å²) in [6, 6.07) is 5.31. The zero-order chi connectivity index (χ0) is 10.8. The fraction of sp³-hybridized carbons (Fsp3) is 0.273. The van der Waals surface area contributed by atoms with Gasteiger partial charge in [-0.3, -0.25) is 9.59 Å². The number of fused-ring (bicyclic) bond motifs is 1. The van der Waals surface area contributed by atoms with E-state index >= 15 is 0 Å². The van der Waals surface area contributed by atoms with E-state index in [2.05, 4.69) is 10.6 Å². The van der Waals surface area contributed by atoms with Gasteiger partial charge in [-0.15, -0.1) is 0 Å². The Morgan fingerprint density at radius 2 is 2.20 bits per heavy atom. The van der Waals surface area contributed by atoms with Crippen molar-refractivity contribution in [2.45, 2.75) is 12.8 Å². The summed E-state index contributed by atoms with van der Waals surface area (Å²) in [5, 5.41) is 5.34. The number of benzene rings is 1. The Morgan fingerprint density at radius 3 is 2.93 bits per heavy atom. The summed E-state index contributed by atoms with van der Waals surface area (Å²) >= 11 is 0. The first-order valence-corrected chi connectivity index (χ1v) is 4.85. The highest BCUT2D eigenvalue weighted by Gasteiger charge is 2.15. The highest BCUT2D eigenvalue weighted by molar-refractivity contribution is 5.97. The molecule has 0 aromatic heterocycles. The van der Waals surface area contributed by atoms with Gasteiger partial charge in [0.1, 0.15) is 0 Å². The number of hydrogen-bond acceptors (Lipinski definition) is 2. The van der Waals surface area contributed by atoms with Crippen molar-refractivity contribution in [3.8, 4) is 0 Å². The van der Waals surface area contributed by atoms with Gasteiger partial charge in [0, 0.05) is 24.7 Å². The number of hydrogen-bond donors (Lipinski definition) is 2. The van der Waals surface area contributed by atoms with Crippen LogP contribution in [-0.2, 0) is 11.2 Å². The van der Waals surface area contributed by atoms with E-state index in [0.29, 0.717) is 18.4 Å². The summed E-state index contributed by atoms with van der Waals surface area (Å²) in [7, 11) is 1.60. The summed E-state index contributed by atoms with van der Waals surface area (Å²) in [6.45, 7) is 0. The molecule has 15 heavy (non-hydrogen) atoms. The van der Waals surface area contributed by atoms with Crippen molar-refractivity contribution >= 4 is 17.5 Å². The maximum atomic E-state index is 11.4. The number of amides is 2. The van der Waals surface area contributed by atoms with Crippen LogP contribution in [0.3, 0.4) is 0 Å². The van der Waals surface area contributed by atoms with Crippen LogP contribution in [0.5, 0.6) is 0 Å². The fourth-order valence-electron chi connectivity index (χ4n) is 1.67. The molecule has 1 aliphatic rings. The molecule has 0 radical (unpaired) electrons. The minimum atomic E-state index is -0.102. The smallest absolute Gasteiger partial charge is 0.251 e. The van der Waals surface area contributed by atoms with Crippen LogP contribution in [0.2, 0.25) is 0 Å². The standard InChI is InChI=1S/C11H12N2O2/c1-12-11(15)8-2-4-9-7(6-8)3-5-10(14)13-9/h2,4,6H,3,5H2,1H3,(H,12,15)(H,13,14). The van der Waals surface area contributed by atoms with Gasteiger partial charge in [-0.2, -0.15) is 0 Å². The number of rotatable bonds is 1. The third kappa shape index (κ3) is 1.83. The van der Waals surface area contributed by atoms with Crippen LogP contribution in [-0.4, -0.2) is 18.9 Å². The fourth-order valence-corrected chi connectivity index (χ4v) is 1.67. The lowest BCUT2D eigenvalue weighted by molar-refractivity contribution is -0.116. The van der Waals surface area contributed by atoms with Crippen molar-refractivity contribution in [1.29, 1.82) is 0 Å². The Balaban J connectivity index is 2.34. The lowest BCUT2D eigenvalue weighted by Gasteiger charge is -2.17. The van der Waals surface area contributed by atoms with Crippen LogP contribution in [0, 0.1) is 0 Å². The molecule has 0 fully saturated rings. The van der Waals surface area contributed by atoms with Gasteiger partial charge in [0.05, 0.1) is 0 Å². The second-order valence-electron chi connectivity index (χ2n) is 3.50. The van der Waals surface area contributed by atoms with Crippen molar-refractivity contribution in [3.63, 3.8) is 0 Å². The number of anilines is 1. The maximum Gasteiger partial charge on any atom is 0.251 e. The molecule has 0 unspecified atom stereocenters. The molecule has 0 bridgehead atoms. The van der Waals surface area contributed by atoms with Crippen LogP contribution in [0.1, 0.15) is 22.3 Å². The minimum absolute atomic E-state index is 0.0372. The molecule has 4 heteroatoms. The van der Waals surface area contributed by atoms with Crippen molar-refractivity contribution in [2.24, 2.45) is 0 Å². The molecule has 1 aliphatic heterocycles. The second-order valence-corrected chi connectivity index (χ2v) is 3.50. The van der Waals surface area contributed by atoms with E-state index in [9.17, 15) is 9.59 Å². The van der Waals surface area contributed by atoms with Gasteiger partial charge in [0.25, 0.3) is 5.91 Å².